The highest BCUT2D eigenvalue weighted by atomic mass is 35.5. The molecule has 0 N–H and O–H groups in total. The normalized spacial score (nSPS) is 16.8. The summed E-state index contributed by atoms with van der Waals surface area (Å²) in [4.78, 5) is 30.1. The topological polar surface area (TPSA) is 77.5 Å². The van der Waals surface area contributed by atoms with E-state index in [-0.39, 0.29) is 22.3 Å². The van der Waals surface area contributed by atoms with Gasteiger partial charge in [0.05, 0.1) is 21.2 Å². The number of aromatic nitrogens is 1. The average molecular weight is 500 g/mol. The molecule has 2 heterocycles. The minimum absolute atomic E-state index is 0.0593. The minimum atomic E-state index is -0.526. The van der Waals surface area contributed by atoms with Crippen molar-refractivity contribution in [3.8, 4) is 0 Å². The zero-order valence-corrected chi connectivity index (χ0v) is 19.9. The Morgan fingerprint density at radius 2 is 1.83 bits per heavy atom. The standard InChI is InChI=1S/C27H18ClN3O3S/c28-21-13-10-16(14-22(21)31(33)34)15-23-26(32)30-25(18-7-2-1-3-8-18)20-12-11-17-6-4-5-9-19(17)24(20)29-27(30)35-23/h1-10,13-15,25H,11-12H2. The Labute approximate surface area is 208 Å². The van der Waals surface area contributed by atoms with Crippen LogP contribution in [0.2, 0.25) is 5.02 Å². The fourth-order valence-electron chi connectivity index (χ4n) is 4.87. The minimum Gasteiger partial charge on any atom is -0.272 e. The first-order valence-corrected chi connectivity index (χ1v) is 12.3. The third-order valence-electron chi connectivity index (χ3n) is 6.45. The number of halogens is 1. The van der Waals surface area contributed by atoms with Crippen LogP contribution in [0.25, 0.3) is 11.8 Å². The second kappa shape index (κ2) is 8.45. The van der Waals surface area contributed by atoms with Gasteiger partial charge in [-0.2, -0.15) is 0 Å². The van der Waals surface area contributed by atoms with Crippen molar-refractivity contribution in [1.82, 2.24) is 4.57 Å². The second-order valence-corrected chi connectivity index (χ2v) is 9.91. The summed E-state index contributed by atoms with van der Waals surface area (Å²) in [6.45, 7) is 0. The van der Waals surface area contributed by atoms with Gasteiger partial charge in [0.1, 0.15) is 5.02 Å². The largest absolute Gasteiger partial charge is 0.288 e. The number of nitrogens with zero attached hydrogens (tertiary/aromatic N) is 3. The molecule has 1 aliphatic heterocycles. The van der Waals surface area contributed by atoms with Crippen LogP contribution in [0.4, 0.5) is 5.69 Å². The van der Waals surface area contributed by atoms with Crippen LogP contribution in [0.15, 0.2) is 88.2 Å². The smallest absolute Gasteiger partial charge is 0.272 e. The second-order valence-electron chi connectivity index (χ2n) is 8.49. The number of rotatable bonds is 3. The van der Waals surface area contributed by atoms with E-state index in [4.69, 9.17) is 16.6 Å². The van der Waals surface area contributed by atoms with Crippen molar-refractivity contribution in [3.63, 3.8) is 0 Å². The summed E-state index contributed by atoms with van der Waals surface area (Å²) in [5, 5.41) is 11.4. The number of aryl methyl sites for hydroxylation is 1. The Kier molecular flexibility index (Phi) is 5.24. The molecule has 3 aromatic carbocycles. The molecule has 0 radical (unpaired) electrons. The van der Waals surface area contributed by atoms with Gasteiger partial charge in [0.2, 0.25) is 0 Å². The predicted molar refractivity (Wildman–Crippen MR) is 137 cm³/mol. The molecular formula is C27H18ClN3O3S. The molecule has 4 aromatic rings. The summed E-state index contributed by atoms with van der Waals surface area (Å²) in [5.41, 5.74) is 5.66. The lowest BCUT2D eigenvalue weighted by molar-refractivity contribution is -0.384. The van der Waals surface area contributed by atoms with Crippen molar-refractivity contribution in [1.29, 1.82) is 0 Å². The Balaban J connectivity index is 1.60. The van der Waals surface area contributed by atoms with E-state index in [1.807, 2.05) is 42.5 Å². The lowest BCUT2D eigenvalue weighted by atomic mass is 9.83. The first kappa shape index (κ1) is 21.7. The van der Waals surface area contributed by atoms with E-state index in [9.17, 15) is 14.9 Å². The van der Waals surface area contributed by atoms with Gasteiger partial charge in [-0.25, -0.2) is 4.99 Å². The van der Waals surface area contributed by atoms with Gasteiger partial charge in [-0.15, -0.1) is 0 Å². The number of fused-ring (bicyclic) bond motifs is 3. The summed E-state index contributed by atoms with van der Waals surface area (Å²) in [7, 11) is 0. The molecule has 0 fully saturated rings. The van der Waals surface area contributed by atoms with Gasteiger partial charge in [-0.1, -0.05) is 83.6 Å². The van der Waals surface area contributed by atoms with E-state index in [2.05, 4.69) is 12.1 Å². The predicted octanol–water partition coefficient (Wildman–Crippen LogP) is 4.88. The molecule has 35 heavy (non-hydrogen) atoms. The van der Waals surface area contributed by atoms with Gasteiger partial charge in [0.25, 0.3) is 11.2 Å². The molecular weight excluding hydrogens is 482 g/mol. The van der Waals surface area contributed by atoms with E-state index in [0.29, 0.717) is 14.9 Å². The van der Waals surface area contributed by atoms with Crippen molar-refractivity contribution < 1.29 is 4.92 Å². The van der Waals surface area contributed by atoms with Crippen LogP contribution in [0.1, 0.15) is 34.7 Å². The molecule has 0 saturated heterocycles. The van der Waals surface area contributed by atoms with Crippen molar-refractivity contribution in [3.05, 3.63) is 135 Å². The Morgan fingerprint density at radius 1 is 1.06 bits per heavy atom. The van der Waals surface area contributed by atoms with Crippen molar-refractivity contribution in [2.24, 2.45) is 4.99 Å². The van der Waals surface area contributed by atoms with Gasteiger partial charge in [-0.05, 0) is 47.2 Å². The number of hydrogen-bond acceptors (Lipinski definition) is 5. The number of benzene rings is 3. The molecule has 2 aliphatic rings. The van der Waals surface area contributed by atoms with E-state index < -0.39 is 4.92 Å². The van der Waals surface area contributed by atoms with Crippen LogP contribution in [-0.2, 0) is 6.42 Å². The van der Waals surface area contributed by atoms with Gasteiger partial charge in [0, 0.05) is 11.6 Å². The Morgan fingerprint density at radius 3 is 2.63 bits per heavy atom. The van der Waals surface area contributed by atoms with Crippen molar-refractivity contribution >= 4 is 40.4 Å². The molecule has 0 bridgehead atoms. The van der Waals surface area contributed by atoms with Crippen LogP contribution in [-0.4, -0.2) is 9.49 Å². The van der Waals surface area contributed by atoms with Crippen molar-refractivity contribution in [2.45, 2.75) is 18.9 Å². The summed E-state index contributed by atoms with van der Waals surface area (Å²) in [5.74, 6) is 0. The molecule has 172 valence electrons. The SMILES string of the molecule is O=c1c(=Cc2ccc(Cl)c([N+](=O)[O-])c2)sc2n1C(c1ccccc1)C1=C(N=2)c2ccccc2CC1. The van der Waals surface area contributed by atoms with E-state index in [1.165, 1.54) is 29.0 Å². The molecule has 1 atom stereocenters. The Hall–Kier alpha value is -3.81. The first-order chi connectivity index (χ1) is 17.0. The molecule has 0 spiro atoms. The number of thiazole rings is 1. The fourth-order valence-corrected chi connectivity index (χ4v) is 6.06. The Bertz CT molecular complexity index is 1720. The van der Waals surface area contributed by atoms with Crippen molar-refractivity contribution in [2.75, 3.05) is 0 Å². The van der Waals surface area contributed by atoms with Gasteiger partial charge in [0.15, 0.2) is 4.80 Å². The van der Waals surface area contributed by atoms with Gasteiger partial charge < -0.3 is 0 Å². The number of hydrogen-bond donors (Lipinski definition) is 0. The quantitative estimate of drug-likeness (QED) is 0.298. The maximum atomic E-state index is 13.7. The highest BCUT2D eigenvalue weighted by Gasteiger charge is 2.32. The van der Waals surface area contributed by atoms with Crippen LogP contribution < -0.4 is 14.9 Å². The fraction of sp³-hybridized carbons (Fsp3) is 0.111. The zero-order valence-electron chi connectivity index (χ0n) is 18.3. The summed E-state index contributed by atoms with van der Waals surface area (Å²) in [6, 6.07) is 22.6. The van der Waals surface area contributed by atoms with Gasteiger partial charge in [-0.3, -0.25) is 19.5 Å². The lowest BCUT2D eigenvalue weighted by Gasteiger charge is -2.30. The van der Waals surface area contributed by atoms with E-state index >= 15 is 0 Å². The molecule has 8 heteroatoms. The highest BCUT2D eigenvalue weighted by molar-refractivity contribution is 7.07. The van der Waals surface area contributed by atoms with Crippen LogP contribution >= 0.6 is 22.9 Å². The molecule has 6 rings (SSSR count). The summed E-state index contributed by atoms with van der Waals surface area (Å²) in [6.07, 6.45) is 3.39. The van der Waals surface area contributed by atoms with E-state index in [1.54, 1.807) is 16.7 Å². The molecule has 0 amide bonds. The molecule has 0 saturated carbocycles. The summed E-state index contributed by atoms with van der Waals surface area (Å²) >= 11 is 7.26. The highest BCUT2D eigenvalue weighted by Crippen LogP contribution is 2.41. The van der Waals surface area contributed by atoms with E-state index in [0.717, 1.165) is 35.2 Å². The van der Waals surface area contributed by atoms with Crippen LogP contribution in [0.5, 0.6) is 0 Å². The lowest BCUT2D eigenvalue weighted by Crippen LogP contribution is -2.38. The molecule has 6 nitrogen and oxygen atoms in total. The zero-order chi connectivity index (χ0) is 24.1. The molecule has 1 unspecified atom stereocenters. The first-order valence-electron chi connectivity index (χ1n) is 11.1. The number of nitro groups is 1. The monoisotopic (exact) mass is 499 g/mol. The number of nitro benzene ring substituents is 1. The number of allylic oxidation sites excluding steroid dienone is 1. The van der Waals surface area contributed by atoms with Gasteiger partial charge >= 0.3 is 0 Å². The average Bonchev–Trinajstić information content (AvgIpc) is 3.18. The molecule has 1 aliphatic carbocycles. The van der Waals surface area contributed by atoms with Crippen LogP contribution in [0, 0.1) is 10.1 Å². The molecule has 1 aromatic heterocycles. The summed E-state index contributed by atoms with van der Waals surface area (Å²) < 4.78 is 2.23. The maximum Gasteiger partial charge on any atom is 0.288 e. The third kappa shape index (κ3) is 3.64. The van der Waals surface area contributed by atoms with Crippen LogP contribution in [0.3, 0.4) is 0 Å². The maximum absolute atomic E-state index is 13.7. The third-order valence-corrected chi connectivity index (χ3v) is 7.76.